The van der Waals surface area contributed by atoms with Gasteiger partial charge in [-0.1, -0.05) is 29.8 Å². The summed E-state index contributed by atoms with van der Waals surface area (Å²) in [5.74, 6) is 1.79. The lowest BCUT2D eigenvalue weighted by Gasteiger charge is -2.11. The lowest BCUT2D eigenvalue weighted by molar-refractivity contribution is 0.411. The average molecular weight is 273 g/mol. The van der Waals surface area contributed by atoms with Crippen molar-refractivity contribution in [1.82, 2.24) is 0 Å². The van der Waals surface area contributed by atoms with Crippen molar-refractivity contribution in [2.45, 2.75) is 24.5 Å². The molecule has 0 bridgehead atoms. The van der Waals surface area contributed by atoms with Crippen LogP contribution in [0, 0.1) is 13.8 Å². The lowest BCUT2D eigenvalue weighted by atomic mass is 10.1. The Balaban J connectivity index is 2.18. The molecule has 0 heterocycles. The largest absolute Gasteiger partial charge is 0.496 e. The van der Waals surface area contributed by atoms with Crippen LogP contribution in [0.3, 0.4) is 0 Å². The number of para-hydroxylation sites is 1. The van der Waals surface area contributed by atoms with Crippen molar-refractivity contribution in [2.24, 2.45) is 0 Å². The Morgan fingerprint density at radius 2 is 1.95 bits per heavy atom. The highest BCUT2D eigenvalue weighted by Crippen LogP contribution is 2.32. The summed E-state index contributed by atoms with van der Waals surface area (Å²) >= 11 is 1.75. The molecule has 2 N–H and O–H groups in total. The van der Waals surface area contributed by atoms with Gasteiger partial charge in [0.1, 0.15) is 5.75 Å². The summed E-state index contributed by atoms with van der Waals surface area (Å²) in [4.78, 5) is 1.13. The summed E-state index contributed by atoms with van der Waals surface area (Å²) in [6, 6.07) is 12.4. The van der Waals surface area contributed by atoms with Crippen LogP contribution < -0.4 is 10.5 Å². The van der Waals surface area contributed by atoms with Crippen molar-refractivity contribution in [3.63, 3.8) is 0 Å². The van der Waals surface area contributed by atoms with Gasteiger partial charge in [0, 0.05) is 21.9 Å². The van der Waals surface area contributed by atoms with E-state index in [0.717, 1.165) is 27.6 Å². The van der Waals surface area contributed by atoms with Crippen LogP contribution in [0.2, 0.25) is 0 Å². The molecule has 0 aliphatic heterocycles. The Morgan fingerprint density at radius 3 is 2.68 bits per heavy atom. The molecule has 0 saturated carbocycles. The van der Waals surface area contributed by atoms with Crippen LogP contribution in [0.25, 0.3) is 0 Å². The van der Waals surface area contributed by atoms with Crippen molar-refractivity contribution in [2.75, 3.05) is 12.8 Å². The fraction of sp³-hybridized carbons (Fsp3) is 0.250. The van der Waals surface area contributed by atoms with Crippen LogP contribution in [-0.2, 0) is 5.75 Å². The van der Waals surface area contributed by atoms with Crippen LogP contribution in [-0.4, -0.2) is 7.11 Å². The molecule has 0 aliphatic carbocycles. The molecular weight excluding hydrogens is 254 g/mol. The van der Waals surface area contributed by atoms with Gasteiger partial charge in [-0.25, -0.2) is 0 Å². The Bertz CT molecular complexity index is 581. The zero-order valence-electron chi connectivity index (χ0n) is 11.6. The summed E-state index contributed by atoms with van der Waals surface area (Å²) in [5, 5.41) is 0. The maximum atomic E-state index is 6.10. The number of methoxy groups -OCH3 is 1. The number of anilines is 1. The maximum Gasteiger partial charge on any atom is 0.122 e. The summed E-state index contributed by atoms with van der Waals surface area (Å²) in [6.45, 7) is 4.13. The van der Waals surface area contributed by atoms with Gasteiger partial charge in [0.05, 0.1) is 7.11 Å². The molecule has 2 aromatic rings. The molecule has 100 valence electrons. The van der Waals surface area contributed by atoms with Crippen molar-refractivity contribution in [3.05, 3.63) is 53.1 Å². The first kappa shape index (κ1) is 13.8. The molecule has 0 aliphatic rings. The van der Waals surface area contributed by atoms with Gasteiger partial charge >= 0.3 is 0 Å². The first-order valence-corrected chi connectivity index (χ1v) is 7.22. The number of ether oxygens (including phenoxy) is 1. The van der Waals surface area contributed by atoms with Crippen LogP contribution in [0.4, 0.5) is 5.69 Å². The Hall–Kier alpha value is -1.61. The van der Waals surface area contributed by atoms with Crippen molar-refractivity contribution in [3.8, 4) is 5.75 Å². The molecular formula is C16H19NOS. The van der Waals surface area contributed by atoms with Gasteiger partial charge in [0.15, 0.2) is 0 Å². The highest BCUT2D eigenvalue weighted by Gasteiger charge is 2.07. The topological polar surface area (TPSA) is 35.2 Å². The van der Waals surface area contributed by atoms with Crippen LogP contribution >= 0.6 is 11.8 Å². The molecule has 0 spiro atoms. The average Bonchev–Trinajstić information content (AvgIpc) is 2.40. The Kier molecular flexibility index (Phi) is 4.38. The molecule has 0 amide bonds. The van der Waals surface area contributed by atoms with Gasteiger partial charge in [0.2, 0.25) is 0 Å². The number of nitrogens with two attached hydrogens (primary N) is 1. The third-order valence-electron chi connectivity index (χ3n) is 3.10. The second kappa shape index (κ2) is 6.02. The van der Waals surface area contributed by atoms with Crippen molar-refractivity contribution >= 4 is 17.4 Å². The van der Waals surface area contributed by atoms with E-state index in [-0.39, 0.29) is 0 Å². The van der Waals surface area contributed by atoms with E-state index in [1.54, 1.807) is 18.9 Å². The number of hydrogen-bond donors (Lipinski definition) is 1. The van der Waals surface area contributed by atoms with Gasteiger partial charge in [-0.2, -0.15) is 0 Å². The molecule has 0 radical (unpaired) electrons. The lowest BCUT2D eigenvalue weighted by Crippen LogP contribution is -1.94. The molecule has 0 unspecified atom stereocenters. The maximum absolute atomic E-state index is 6.10. The third kappa shape index (κ3) is 3.24. The standard InChI is InChI=1S/C16H19NOS/c1-11-7-8-14(18-3)13(9-11)10-19-15-6-4-5-12(2)16(15)17/h4-9H,10,17H2,1-3H3. The minimum absolute atomic E-state index is 0.860. The minimum Gasteiger partial charge on any atom is -0.496 e. The molecule has 2 rings (SSSR count). The van der Waals surface area contributed by atoms with Crippen molar-refractivity contribution in [1.29, 1.82) is 0 Å². The monoisotopic (exact) mass is 273 g/mol. The molecule has 3 heteroatoms. The van der Waals surface area contributed by atoms with Gasteiger partial charge in [-0.3, -0.25) is 0 Å². The van der Waals surface area contributed by atoms with Crippen LogP contribution in [0.1, 0.15) is 16.7 Å². The van der Waals surface area contributed by atoms with Gasteiger partial charge < -0.3 is 10.5 Å². The van der Waals surface area contributed by atoms with Crippen LogP contribution in [0.5, 0.6) is 5.75 Å². The van der Waals surface area contributed by atoms with Gasteiger partial charge in [0.25, 0.3) is 0 Å². The molecule has 0 atom stereocenters. The second-order valence-electron chi connectivity index (χ2n) is 4.59. The van der Waals surface area contributed by atoms with E-state index in [4.69, 9.17) is 10.5 Å². The number of benzene rings is 2. The van der Waals surface area contributed by atoms with Crippen molar-refractivity contribution < 1.29 is 4.74 Å². The Morgan fingerprint density at radius 1 is 1.16 bits per heavy atom. The third-order valence-corrected chi connectivity index (χ3v) is 4.23. The Labute approximate surface area is 119 Å². The zero-order valence-corrected chi connectivity index (χ0v) is 12.4. The highest BCUT2D eigenvalue weighted by atomic mass is 32.2. The van der Waals surface area contributed by atoms with E-state index in [9.17, 15) is 0 Å². The molecule has 0 fully saturated rings. The molecule has 2 aromatic carbocycles. The first-order valence-electron chi connectivity index (χ1n) is 6.23. The quantitative estimate of drug-likeness (QED) is 0.670. The summed E-state index contributed by atoms with van der Waals surface area (Å²) in [5.41, 5.74) is 10.5. The van der Waals surface area contributed by atoms with E-state index >= 15 is 0 Å². The second-order valence-corrected chi connectivity index (χ2v) is 5.61. The molecule has 19 heavy (non-hydrogen) atoms. The van der Waals surface area contributed by atoms with E-state index < -0.39 is 0 Å². The number of rotatable bonds is 4. The molecule has 0 saturated heterocycles. The van der Waals surface area contributed by atoms with Gasteiger partial charge in [-0.05, 0) is 31.5 Å². The zero-order chi connectivity index (χ0) is 13.8. The minimum atomic E-state index is 0.860. The van der Waals surface area contributed by atoms with E-state index in [1.165, 1.54) is 11.1 Å². The van der Waals surface area contributed by atoms with Crippen LogP contribution in [0.15, 0.2) is 41.3 Å². The number of hydrogen-bond acceptors (Lipinski definition) is 3. The summed E-state index contributed by atoms with van der Waals surface area (Å²) in [6.07, 6.45) is 0. The predicted octanol–water partition coefficient (Wildman–Crippen LogP) is 4.19. The van der Waals surface area contributed by atoms with Gasteiger partial charge in [-0.15, -0.1) is 11.8 Å². The molecule has 0 aromatic heterocycles. The van der Waals surface area contributed by atoms with E-state index in [1.807, 2.05) is 25.1 Å². The number of nitrogen functional groups attached to an aromatic ring is 1. The normalized spacial score (nSPS) is 10.5. The molecule has 2 nitrogen and oxygen atoms in total. The first-order chi connectivity index (χ1) is 9.11. The highest BCUT2D eigenvalue weighted by molar-refractivity contribution is 7.98. The van der Waals surface area contributed by atoms with E-state index in [2.05, 4.69) is 25.1 Å². The number of aryl methyl sites for hydroxylation is 2. The van der Waals surface area contributed by atoms with E-state index in [0.29, 0.717) is 0 Å². The summed E-state index contributed by atoms with van der Waals surface area (Å²) < 4.78 is 5.40. The fourth-order valence-electron chi connectivity index (χ4n) is 1.96. The predicted molar refractivity (Wildman–Crippen MR) is 82.9 cm³/mol. The SMILES string of the molecule is COc1ccc(C)cc1CSc1cccc(C)c1N. The summed E-state index contributed by atoms with van der Waals surface area (Å²) in [7, 11) is 1.71. The smallest absolute Gasteiger partial charge is 0.122 e. The number of thioether (sulfide) groups is 1. The fourth-order valence-corrected chi connectivity index (χ4v) is 2.98.